The number of aliphatic imine (C=N–C) groups is 1. The van der Waals surface area contributed by atoms with Crippen molar-refractivity contribution < 1.29 is 9.53 Å². The van der Waals surface area contributed by atoms with Crippen LogP contribution in [0, 0.1) is 0 Å². The summed E-state index contributed by atoms with van der Waals surface area (Å²) in [4.78, 5) is 19.2. The van der Waals surface area contributed by atoms with E-state index in [1.807, 2.05) is 28.5 Å². The van der Waals surface area contributed by atoms with E-state index in [1.165, 1.54) is 0 Å². The Kier molecular flexibility index (Phi) is 3.12. The molecule has 0 bridgehead atoms. The molecule has 0 spiro atoms. The van der Waals surface area contributed by atoms with Crippen molar-refractivity contribution in [3.63, 3.8) is 0 Å². The fraction of sp³-hybridized carbons (Fsp3) is 0.333. The van der Waals surface area contributed by atoms with E-state index < -0.39 is 0 Å². The van der Waals surface area contributed by atoms with Gasteiger partial charge >= 0.3 is 0 Å². The first-order valence-electron chi connectivity index (χ1n) is 5.81. The van der Waals surface area contributed by atoms with Gasteiger partial charge in [-0.1, -0.05) is 6.07 Å². The molecule has 1 saturated heterocycles. The number of hydrogen-bond acceptors (Lipinski definition) is 5. The highest BCUT2D eigenvalue weighted by Crippen LogP contribution is 2.17. The molecule has 18 heavy (non-hydrogen) atoms. The number of amides is 1. The number of guanidine groups is 1. The van der Waals surface area contributed by atoms with Gasteiger partial charge in [-0.15, -0.1) is 11.3 Å². The normalized spacial score (nSPS) is 22.2. The zero-order valence-electron chi connectivity index (χ0n) is 9.76. The van der Waals surface area contributed by atoms with Crippen LogP contribution < -0.4 is 5.32 Å². The first-order valence-corrected chi connectivity index (χ1v) is 6.69. The SMILES string of the molecule is O=C1NC(N2CCOCC2)=NC1=Cc1cccs1. The van der Waals surface area contributed by atoms with Crippen molar-refractivity contribution in [1.82, 2.24) is 10.2 Å². The van der Waals surface area contributed by atoms with Crippen molar-refractivity contribution in [3.8, 4) is 0 Å². The lowest BCUT2D eigenvalue weighted by Crippen LogP contribution is -2.46. The summed E-state index contributed by atoms with van der Waals surface area (Å²) in [5.74, 6) is 0.510. The summed E-state index contributed by atoms with van der Waals surface area (Å²) in [6, 6.07) is 3.92. The lowest BCUT2D eigenvalue weighted by molar-refractivity contribution is -0.115. The molecule has 0 unspecified atom stereocenters. The molecule has 0 aromatic carbocycles. The van der Waals surface area contributed by atoms with Gasteiger partial charge in [0, 0.05) is 18.0 Å². The van der Waals surface area contributed by atoms with Gasteiger partial charge in [0.05, 0.1) is 13.2 Å². The molecule has 0 aliphatic carbocycles. The molecule has 94 valence electrons. The number of thiophene rings is 1. The van der Waals surface area contributed by atoms with Crippen LogP contribution in [-0.4, -0.2) is 43.1 Å². The Hall–Kier alpha value is -1.66. The third-order valence-corrected chi connectivity index (χ3v) is 3.64. The minimum absolute atomic E-state index is 0.134. The largest absolute Gasteiger partial charge is 0.378 e. The highest BCUT2D eigenvalue weighted by atomic mass is 32.1. The predicted octanol–water partition coefficient (Wildman–Crippen LogP) is 0.907. The van der Waals surface area contributed by atoms with Crippen LogP contribution in [0.1, 0.15) is 4.88 Å². The average Bonchev–Trinajstić information content (AvgIpc) is 3.02. The Morgan fingerprint density at radius 2 is 2.28 bits per heavy atom. The molecule has 5 nitrogen and oxygen atoms in total. The van der Waals surface area contributed by atoms with E-state index in [4.69, 9.17) is 4.74 Å². The summed E-state index contributed by atoms with van der Waals surface area (Å²) in [5.41, 5.74) is 0.471. The number of carbonyl (C=O) groups excluding carboxylic acids is 1. The molecule has 1 N–H and O–H groups in total. The zero-order valence-corrected chi connectivity index (χ0v) is 10.6. The second-order valence-corrected chi connectivity index (χ2v) is 5.01. The van der Waals surface area contributed by atoms with Crippen LogP contribution in [0.3, 0.4) is 0 Å². The maximum absolute atomic E-state index is 11.8. The van der Waals surface area contributed by atoms with Crippen molar-refractivity contribution in [2.75, 3.05) is 26.3 Å². The number of nitrogens with one attached hydrogen (secondary N) is 1. The lowest BCUT2D eigenvalue weighted by atomic mass is 10.3. The fourth-order valence-electron chi connectivity index (χ4n) is 1.89. The Balaban J connectivity index is 1.80. The Bertz CT molecular complexity index is 501. The van der Waals surface area contributed by atoms with Gasteiger partial charge in [0.25, 0.3) is 5.91 Å². The maximum Gasteiger partial charge on any atom is 0.276 e. The van der Waals surface area contributed by atoms with Gasteiger partial charge in [-0.25, -0.2) is 4.99 Å². The third kappa shape index (κ3) is 2.30. The van der Waals surface area contributed by atoms with Crippen LogP contribution in [0.4, 0.5) is 0 Å². The predicted molar refractivity (Wildman–Crippen MR) is 70.3 cm³/mol. The molecule has 3 heterocycles. The first-order chi connectivity index (χ1) is 8.83. The molecule has 3 rings (SSSR count). The molecule has 2 aliphatic rings. The number of rotatable bonds is 1. The summed E-state index contributed by atoms with van der Waals surface area (Å²) in [7, 11) is 0. The molecular weight excluding hydrogens is 250 g/mol. The van der Waals surface area contributed by atoms with Crippen LogP contribution >= 0.6 is 11.3 Å². The van der Waals surface area contributed by atoms with Crippen molar-refractivity contribution in [2.45, 2.75) is 0 Å². The molecular formula is C12H13N3O2S. The Labute approximate surface area is 109 Å². The molecule has 1 fully saturated rings. The van der Waals surface area contributed by atoms with Crippen molar-refractivity contribution >= 4 is 29.3 Å². The fourth-order valence-corrected chi connectivity index (χ4v) is 2.54. The maximum atomic E-state index is 11.8. The van der Waals surface area contributed by atoms with E-state index in [1.54, 1.807) is 11.3 Å². The number of hydrogen-bond donors (Lipinski definition) is 1. The Morgan fingerprint density at radius 1 is 1.44 bits per heavy atom. The minimum atomic E-state index is -0.134. The first kappa shape index (κ1) is 11.4. The van der Waals surface area contributed by atoms with E-state index in [0.717, 1.165) is 18.0 Å². The van der Waals surface area contributed by atoms with Gasteiger partial charge in [0.1, 0.15) is 5.70 Å². The van der Waals surface area contributed by atoms with Crippen molar-refractivity contribution in [3.05, 3.63) is 28.1 Å². The van der Waals surface area contributed by atoms with E-state index in [2.05, 4.69) is 10.3 Å². The van der Waals surface area contributed by atoms with E-state index in [9.17, 15) is 4.79 Å². The number of ether oxygens (including phenoxy) is 1. The summed E-state index contributed by atoms with van der Waals surface area (Å²) >= 11 is 1.59. The van der Waals surface area contributed by atoms with E-state index in [-0.39, 0.29) is 5.91 Å². The van der Waals surface area contributed by atoms with Crippen molar-refractivity contribution in [1.29, 1.82) is 0 Å². The number of morpholine rings is 1. The molecule has 0 atom stereocenters. The topological polar surface area (TPSA) is 53.9 Å². The minimum Gasteiger partial charge on any atom is -0.378 e. The van der Waals surface area contributed by atoms with E-state index in [0.29, 0.717) is 24.9 Å². The van der Waals surface area contributed by atoms with Crippen LogP contribution in [0.5, 0.6) is 0 Å². The molecule has 6 heteroatoms. The average molecular weight is 263 g/mol. The molecule has 1 aromatic heterocycles. The van der Waals surface area contributed by atoms with Crippen LogP contribution in [0.2, 0.25) is 0 Å². The molecule has 2 aliphatic heterocycles. The van der Waals surface area contributed by atoms with Gasteiger partial charge in [0.15, 0.2) is 0 Å². The van der Waals surface area contributed by atoms with Crippen LogP contribution in [0.25, 0.3) is 6.08 Å². The summed E-state index contributed by atoms with van der Waals surface area (Å²) in [5, 5.41) is 4.78. The summed E-state index contributed by atoms with van der Waals surface area (Å²) in [6.45, 7) is 2.90. The number of nitrogens with zero attached hydrogens (tertiary/aromatic N) is 2. The standard InChI is InChI=1S/C12H13N3O2S/c16-11-10(8-9-2-1-7-18-9)13-12(14-11)15-3-5-17-6-4-15/h1-2,7-8H,3-6H2,(H,13,14,16). The lowest BCUT2D eigenvalue weighted by Gasteiger charge is -2.27. The van der Waals surface area contributed by atoms with Gasteiger partial charge in [-0.3, -0.25) is 10.1 Å². The third-order valence-electron chi connectivity index (χ3n) is 2.82. The van der Waals surface area contributed by atoms with Gasteiger partial charge < -0.3 is 9.64 Å². The second-order valence-electron chi connectivity index (χ2n) is 4.03. The quantitative estimate of drug-likeness (QED) is 0.766. The molecule has 0 radical (unpaired) electrons. The van der Waals surface area contributed by atoms with Crippen LogP contribution in [0.15, 0.2) is 28.2 Å². The van der Waals surface area contributed by atoms with Crippen molar-refractivity contribution in [2.24, 2.45) is 4.99 Å². The molecule has 1 aromatic rings. The molecule has 1 amide bonds. The highest BCUT2D eigenvalue weighted by Gasteiger charge is 2.25. The molecule has 0 saturated carbocycles. The van der Waals surface area contributed by atoms with E-state index >= 15 is 0 Å². The summed E-state index contributed by atoms with van der Waals surface area (Å²) in [6.07, 6.45) is 1.81. The Morgan fingerprint density at radius 3 is 3.00 bits per heavy atom. The number of carbonyl (C=O) groups is 1. The van der Waals surface area contributed by atoms with Gasteiger partial charge in [-0.05, 0) is 17.5 Å². The highest BCUT2D eigenvalue weighted by molar-refractivity contribution is 7.10. The monoisotopic (exact) mass is 263 g/mol. The van der Waals surface area contributed by atoms with Crippen LogP contribution in [-0.2, 0) is 9.53 Å². The second kappa shape index (κ2) is 4.91. The zero-order chi connectivity index (χ0) is 12.4. The smallest absolute Gasteiger partial charge is 0.276 e. The van der Waals surface area contributed by atoms with Gasteiger partial charge in [-0.2, -0.15) is 0 Å². The van der Waals surface area contributed by atoms with Gasteiger partial charge in [0.2, 0.25) is 5.96 Å². The summed E-state index contributed by atoms with van der Waals surface area (Å²) < 4.78 is 5.28.